The molecule has 0 spiro atoms. The topological polar surface area (TPSA) is 20.3 Å². The number of nitrogens with zero attached hydrogens (tertiary/aromatic N) is 1. The second-order valence-electron chi connectivity index (χ2n) is 5.55. The van der Waals surface area contributed by atoms with Gasteiger partial charge in [0, 0.05) is 24.1 Å². The lowest BCUT2D eigenvalue weighted by Gasteiger charge is -2.41. The molecule has 0 fully saturated rings. The summed E-state index contributed by atoms with van der Waals surface area (Å²) in [5, 5.41) is 0.0825. The molecule has 2 aromatic carbocycles. The molecule has 106 valence electrons. The van der Waals surface area contributed by atoms with E-state index in [-0.39, 0.29) is 17.0 Å². The van der Waals surface area contributed by atoms with Gasteiger partial charge in [0.2, 0.25) is 0 Å². The van der Waals surface area contributed by atoms with Gasteiger partial charge in [-0.3, -0.25) is 4.79 Å². The molecule has 0 N–H and O–H groups in total. The molecular formula is C17H13ClFNO. The second-order valence-corrected chi connectivity index (χ2v) is 5.96. The fraction of sp³-hybridized carbons (Fsp3) is 0.235. The Morgan fingerprint density at radius 3 is 2.86 bits per heavy atom. The van der Waals surface area contributed by atoms with Crippen molar-refractivity contribution in [2.75, 3.05) is 6.54 Å². The van der Waals surface area contributed by atoms with Crippen molar-refractivity contribution in [1.82, 2.24) is 4.90 Å². The van der Waals surface area contributed by atoms with Crippen LogP contribution in [0.4, 0.5) is 4.39 Å². The highest BCUT2D eigenvalue weighted by Gasteiger charge is 2.38. The number of rotatable bonds is 0. The molecule has 2 heterocycles. The van der Waals surface area contributed by atoms with Gasteiger partial charge in [-0.1, -0.05) is 35.9 Å². The first kappa shape index (κ1) is 12.8. The highest BCUT2D eigenvalue weighted by molar-refractivity contribution is 6.31. The fourth-order valence-electron chi connectivity index (χ4n) is 3.46. The summed E-state index contributed by atoms with van der Waals surface area (Å²) in [4.78, 5) is 14.5. The van der Waals surface area contributed by atoms with Crippen molar-refractivity contribution >= 4 is 17.5 Å². The van der Waals surface area contributed by atoms with E-state index in [4.69, 9.17) is 11.6 Å². The van der Waals surface area contributed by atoms with Crippen LogP contribution in [0, 0.1) is 5.82 Å². The van der Waals surface area contributed by atoms with Crippen molar-refractivity contribution in [2.45, 2.75) is 18.9 Å². The Balaban J connectivity index is 1.88. The zero-order valence-corrected chi connectivity index (χ0v) is 12.0. The summed E-state index contributed by atoms with van der Waals surface area (Å²) in [7, 11) is 0. The van der Waals surface area contributed by atoms with Gasteiger partial charge in [0.25, 0.3) is 5.91 Å². The van der Waals surface area contributed by atoms with Crippen molar-refractivity contribution in [3.05, 3.63) is 69.5 Å². The van der Waals surface area contributed by atoms with Crippen LogP contribution in [-0.2, 0) is 12.8 Å². The van der Waals surface area contributed by atoms with E-state index in [2.05, 4.69) is 6.07 Å². The maximum Gasteiger partial charge on any atom is 0.254 e. The number of fused-ring (bicyclic) bond motifs is 4. The fourth-order valence-corrected chi connectivity index (χ4v) is 3.63. The molecular weight excluding hydrogens is 289 g/mol. The molecule has 0 aromatic heterocycles. The summed E-state index contributed by atoms with van der Waals surface area (Å²) in [5.41, 5.74) is 3.28. The van der Waals surface area contributed by atoms with Gasteiger partial charge in [-0.2, -0.15) is 0 Å². The van der Waals surface area contributed by atoms with Crippen LogP contribution in [0.15, 0.2) is 36.4 Å². The third-order valence-corrected chi connectivity index (χ3v) is 4.79. The Morgan fingerprint density at radius 2 is 2.00 bits per heavy atom. The molecule has 2 aromatic rings. The largest absolute Gasteiger partial charge is 0.331 e. The first-order chi connectivity index (χ1) is 10.2. The minimum atomic E-state index is -0.453. The smallest absolute Gasteiger partial charge is 0.254 e. The Bertz CT molecular complexity index is 758. The third kappa shape index (κ3) is 1.80. The summed E-state index contributed by atoms with van der Waals surface area (Å²) < 4.78 is 14.3. The van der Waals surface area contributed by atoms with Gasteiger partial charge < -0.3 is 4.90 Å². The monoisotopic (exact) mass is 301 g/mol. The molecule has 2 aliphatic rings. The Hall–Kier alpha value is -1.87. The Kier molecular flexibility index (Phi) is 2.79. The average Bonchev–Trinajstić information content (AvgIpc) is 2.51. The number of benzene rings is 2. The maximum absolute atomic E-state index is 14.3. The van der Waals surface area contributed by atoms with Crippen LogP contribution in [0.5, 0.6) is 0 Å². The zero-order valence-electron chi connectivity index (χ0n) is 11.3. The molecule has 1 atom stereocenters. The summed E-state index contributed by atoms with van der Waals surface area (Å²) in [5.74, 6) is -0.545. The molecule has 2 aliphatic heterocycles. The molecule has 2 nitrogen and oxygen atoms in total. The first-order valence-corrected chi connectivity index (χ1v) is 7.40. The van der Waals surface area contributed by atoms with Crippen molar-refractivity contribution < 1.29 is 9.18 Å². The SMILES string of the molecule is O=C1c2ccc(Cl)c(F)c2CC2c3ccccc3CCN12. The molecule has 0 saturated carbocycles. The van der Waals surface area contributed by atoms with E-state index in [9.17, 15) is 9.18 Å². The van der Waals surface area contributed by atoms with Crippen LogP contribution in [0.2, 0.25) is 5.02 Å². The van der Waals surface area contributed by atoms with E-state index in [1.807, 2.05) is 23.1 Å². The summed E-state index contributed by atoms with van der Waals surface area (Å²) >= 11 is 5.87. The highest BCUT2D eigenvalue weighted by atomic mass is 35.5. The molecule has 4 heteroatoms. The lowest BCUT2D eigenvalue weighted by molar-refractivity contribution is 0.0629. The quantitative estimate of drug-likeness (QED) is 0.725. The van der Waals surface area contributed by atoms with Gasteiger partial charge in [0.1, 0.15) is 5.82 Å². The first-order valence-electron chi connectivity index (χ1n) is 7.02. The normalized spacial score (nSPS) is 19.8. The molecule has 1 unspecified atom stereocenters. The molecule has 0 saturated heterocycles. The van der Waals surface area contributed by atoms with E-state index in [1.54, 1.807) is 6.07 Å². The van der Waals surface area contributed by atoms with Crippen LogP contribution >= 0.6 is 11.6 Å². The van der Waals surface area contributed by atoms with Gasteiger partial charge >= 0.3 is 0 Å². The standard InChI is InChI=1S/C17H13ClFNO/c18-14-6-5-12-13(16(14)19)9-15-11-4-2-1-3-10(11)7-8-20(15)17(12)21/h1-6,15H,7-9H2. The van der Waals surface area contributed by atoms with Gasteiger partial charge in [0.15, 0.2) is 0 Å². The predicted octanol–water partition coefficient (Wildman–Crippen LogP) is 3.77. The lowest BCUT2D eigenvalue weighted by Crippen LogP contribution is -2.44. The zero-order chi connectivity index (χ0) is 14.6. The summed E-state index contributed by atoms with van der Waals surface area (Å²) in [6.07, 6.45) is 1.34. The lowest BCUT2D eigenvalue weighted by atomic mass is 9.83. The highest BCUT2D eigenvalue weighted by Crippen LogP contribution is 2.39. The van der Waals surface area contributed by atoms with Crippen molar-refractivity contribution in [3.63, 3.8) is 0 Å². The van der Waals surface area contributed by atoms with Gasteiger partial charge in [0.05, 0.1) is 11.1 Å². The number of hydrogen-bond acceptors (Lipinski definition) is 1. The van der Waals surface area contributed by atoms with E-state index in [1.165, 1.54) is 11.6 Å². The molecule has 4 rings (SSSR count). The van der Waals surface area contributed by atoms with Crippen LogP contribution in [0.1, 0.15) is 33.1 Å². The second kappa shape index (κ2) is 4.57. The molecule has 21 heavy (non-hydrogen) atoms. The Labute approximate surface area is 127 Å². The minimum Gasteiger partial charge on any atom is -0.331 e. The summed E-state index contributed by atoms with van der Waals surface area (Å²) in [6, 6.07) is 11.1. The van der Waals surface area contributed by atoms with E-state index < -0.39 is 5.82 Å². The van der Waals surface area contributed by atoms with E-state index in [0.29, 0.717) is 24.1 Å². The molecule has 1 amide bonds. The number of halogens is 2. The van der Waals surface area contributed by atoms with Gasteiger partial charge in [-0.25, -0.2) is 4.39 Å². The van der Waals surface area contributed by atoms with Crippen molar-refractivity contribution in [3.8, 4) is 0 Å². The Morgan fingerprint density at radius 1 is 1.19 bits per heavy atom. The van der Waals surface area contributed by atoms with Gasteiger partial charge in [-0.05, 0) is 29.7 Å². The maximum atomic E-state index is 14.3. The van der Waals surface area contributed by atoms with Crippen LogP contribution in [0.25, 0.3) is 0 Å². The van der Waals surface area contributed by atoms with Crippen LogP contribution in [-0.4, -0.2) is 17.4 Å². The van der Waals surface area contributed by atoms with Gasteiger partial charge in [-0.15, -0.1) is 0 Å². The van der Waals surface area contributed by atoms with Crippen molar-refractivity contribution in [1.29, 1.82) is 0 Å². The number of carbonyl (C=O) groups is 1. The molecule has 0 aliphatic carbocycles. The summed E-state index contributed by atoms with van der Waals surface area (Å²) in [6.45, 7) is 0.685. The van der Waals surface area contributed by atoms with E-state index >= 15 is 0 Å². The third-order valence-electron chi connectivity index (χ3n) is 4.50. The van der Waals surface area contributed by atoms with Crippen LogP contribution < -0.4 is 0 Å². The minimum absolute atomic E-state index is 0.0806. The molecule has 0 bridgehead atoms. The number of hydrogen-bond donors (Lipinski definition) is 0. The average molecular weight is 302 g/mol. The van der Waals surface area contributed by atoms with E-state index in [0.717, 1.165) is 12.0 Å². The van der Waals surface area contributed by atoms with Crippen molar-refractivity contribution in [2.24, 2.45) is 0 Å². The van der Waals surface area contributed by atoms with Crippen LogP contribution in [0.3, 0.4) is 0 Å². The number of amides is 1. The number of carbonyl (C=O) groups excluding carboxylic acids is 1. The molecule has 0 radical (unpaired) electrons. The predicted molar refractivity (Wildman–Crippen MR) is 79.0 cm³/mol.